The zero-order valence-corrected chi connectivity index (χ0v) is 13.9. The van der Waals surface area contributed by atoms with Crippen molar-refractivity contribution in [2.75, 3.05) is 7.11 Å². The summed E-state index contributed by atoms with van der Waals surface area (Å²) in [6, 6.07) is 12.9. The molecule has 0 saturated carbocycles. The van der Waals surface area contributed by atoms with Crippen LogP contribution >= 0.6 is 0 Å². The Balaban J connectivity index is 1.74. The van der Waals surface area contributed by atoms with Crippen LogP contribution < -0.4 is 10.1 Å². The average molecular weight is 358 g/mol. The van der Waals surface area contributed by atoms with Crippen LogP contribution in [0.4, 0.5) is 8.78 Å². The maximum atomic E-state index is 12.6. The van der Waals surface area contributed by atoms with E-state index in [9.17, 15) is 13.6 Å². The minimum atomic E-state index is -2.52. The summed E-state index contributed by atoms with van der Waals surface area (Å²) in [7, 11) is 1.53. The van der Waals surface area contributed by atoms with E-state index < -0.39 is 12.3 Å². The number of hydrogen-bond donors (Lipinski definition) is 1. The van der Waals surface area contributed by atoms with Gasteiger partial charge in [0.1, 0.15) is 5.75 Å². The van der Waals surface area contributed by atoms with Crippen molar-refractivity contribution < 1.29 is 22.7 Å². The highest BCUT2D eigenvalue weighted by Crippen LogP contribution is 2.31. The number of ether oxygens (including phenoxy) is 1. The molecule has 0 aliphatic rings. The Bertz CT molecular complexity index is 892. The van der Waals surface area contributed by atoms with Crippen molar-refractivity contribution in [2.45, 2.75) is 13.0 Å². The van der Waals surface area contributed by atoms with Crippen molar-refractivity contribution in [3.63, 3.8) is 0 Å². The van der Waals surface area contributed by atoms with Crippen LogP contribution in [-0.2, 0) is 6.54 Å². The van der Waals surface area contributed by atoms with Crippen molar-refractivity contribution in [3.05, 3.63) is 71.7 Å². The van der Waals surface area contributed by atoms with Crippen molar-refractivity contribution in [1.29, 1.82) is 0 Å². The molecule has 26 heavy (non-hydrogen) atoms. The number of nitrogens with zero attached hydrogens (tertiary/aromatic N) is 1. The Labute approximate surface area is 148 Å². The molecule has 1 heterocycles. The standard InChI is InChI=1S/C19H16F2N2O3/c1-25-15-5-3-2-4-14(15)17-16(23-11-26-17)19(24)22-10-12-6-8-13(9-7-12)18(20)21/h2-9,11,18H,10H2,1H3,(H,22,24). The summed E-state index contributed by atoms with van der Waals surface area (Å²) in [5.41, 5.74) is 1.37. The number of amides is 1. The van der Waals surface area contributed by atoms with Crippen LogP contribution in [0.3, 0.4) is 0 Å². The first-order valence-electron chi connectivity index (χ1n) is 7.82. The second kappa shape index (κ2) is 7.77. The van der Waals surface area contributed by atoms with Gasteiger partial charge in [-0.15, -0.1) is 0 Å². The van der Waals surface area contributed by atoms with Crippen molar-refractivity contribution >= 4 is 5.91 Å². The summed E-state index contributed by atoms with van der Waals surface area (Å²) in [4.78, 5) is 16.4. The Morgan fingerprint density at radius 1 is 1.19 bits per heavy atom. The van der Waals surface area contributed by atoms with Gasteiger partial charge in [-0.3, -0.25) is 4.79 Å². The molecule has 0 spiro atoms. The largest absolute Gasteiger partial charge is 0.496 e. The lowest BCUT2D eigenvalue weighted by Crippen LogP contribution is -2.23. The molecule has 1 amide bonds. The normalized spacial score (nSPS) is 10.8. The predicted molar refractivity (Wildman–Crippen MR) is 91.1 cm³/mol. The Kier molecular flexibility index (Phi) is 5.26. The van der Waals surface area contributed by atoms with Gasteiger partial charge in [0.05, 0.1) is 12.7 Å². The summed E-state index contributed by atoms with van der Waals surface area (Å²) >= 11 is 0. The zero-order valence-electron chi connectivity index (χ0n) is 13.9. The van der Waals surface area contributed by atoms with Gasteiger partial charge in [-0.25, -0.2) is 13.8 Å². The quantitative estimate of drug-likeness (QED) is 0.717. The molecule has 0 bridgehead atoms. The number of aromatic nitrogens is 1. The van der Waals surface area contributed by atoms with Gasteiger partial charge >= 0.3 is 0 Å². The first-order valence-corrected chi connectivity index (χ1v) is 7.82. The number of methoxy groups -OCH3 is 1. The number of hydrogen-bond acceptors (Lipinski definition) is 4. The van der Waals surface area contributed by atoms with Crippen molar-refractivity contribution in [1.82, 2.24) is 10.3 Å². The number of carbonyl (C=O) groups is 1. The number of rotatable bonds is 6. The molecule has 1 N–H and O–H groups in total. The highest BCUT2D eigenvalue weighted by molar-refractivity contribution is 5.98. The van der Waals surface area contributed by atoms with Gasteiger partial charge in [-0.1, -0.05) is 36.4 Å². The molecule has 0 aliphatic carbocycles. The molecule has 0 unspecified atom stereocenters. The van der Waals surface area contributed by atoms with E-state index in [4.69, 9.17) is 9.15 Å². The fourth-order valence-corrected chi connectivity index (χ4v) is 2.48. The van der Waals surface area contributed by atoms with E-state index in [1.807, 2.05) is 6.07 Å². The average Bonchev–Trinajstić information content (AvgIpc) is 3.16. The first-order chi connectivity index (χ1) is 12.6. The van der Waals surface area contributed by atoms with E-state index in [0.29, 0.717) is 22.6 Å². The Morgan fingerprint density at radius 2 is 1.92 bits per heavy atom. The van der Waals surface area contributed by atoms with Gasteiger partial charge in [0, 0.05) is 12.1 Å². The molecule has 0 radical (unpaired) electrons. The second-order valence-corrected chi connectivity index (χ2v) is 5.46. The maximum Gasteiger partial charge on any atom is 0.274 e. The van der Waals surface area contributed by atoms with Crippen molar-refractivity contribution in [3.8, 4) is 17.1 Å². The number of nitrogens with one attached hydrogen (secondary N) is 1. The van der Waals surface area contributed by atoms with Gasteiger partial charge in [-0.05, 0) is 17.7 Å². The number of carbonyl (C=O) groups excluding carboxylic acids is 1. The number of benzene rings is 2. The van der Waals surface area contributed by atoms with Gasteiger partial charge in [0.2, 0.25) is 0 Å². The van der Waals surface area contributed by atoms with Crippen LogP contribution in [0.25, 0.3) is 11.3 Å². The highest BCUT2D eigenvalue weighted by Gasteiger charge is 2.20. The lowest BCUT2D eigenvalue weighted by Gasteiger charge is -2.08. The van der Waals surface area contributed by atoms with Crippen LogP contribution in [0.2, 0.25) is 0 Å². The fraction of sp³-hybridized carbons (Fsp3) is 0.158. The Morgan fingerprint density at radius 3 is 2.62 bits per heavy atom. The smallest absolute Gasteiger partial charge is 0.274 e. The first kappa shape index (κ1) is 17.6. The molecule has 134 valence electrons. The van der Waals surface area contributed by atoms with Gasteiger partial charge in [0.15, 0.2) is 17.8 Å². The molecule has 2 aromatic carbocycles. The molecule has 3 rings (SSSR count). The summed E-state index contributed by atoms with van der Waals surface area (Å²) in [5.74, 6) is 0.423. The number of alkyl halides is 2. The lowest BCUT2D eigenvalue weighted by atomic mass is 10.1. The van der Waals surface area contributed by atoms with Crippen molar-refractivity contribution in [2.24, 2.45) is 0 Å². The van der Waals surface area contributed by atoms with Crippen LogP contribution in [-0.4, -0.2) is 18.0 Å². The molecule has 3 aromatic rings. The van der Waals surface area contributed by atoms with Crippen LogP contribution in [0.5, 0.6) is 5.75 Å². The van der Waals surface area contributed by atoms with Crippen LogP contribution in [0.1, 0.15) is 28.0 Å². The topological polar surface area (TPSA) is 64.4 Å². The van der Waals surface area contributed by atoms with Crippen LogP contribution in [0.15, 0.2) is 59.3 Å². The Hall–Kier alpha value is -3.22. The third-order valence-corrected chi connectivity index (χ3v) is 3.82. The fourth-order valence-electron chi connectivity index (χ4n) is 2.48. The molecule has 0 aliphatic heterocycles. The highest BCUT2D eigenvalue weighted by atomic mass is 19.3. The number of halogens is 2. The molecule has 1 aromatic heterocycles. The van der Waals surface area contributed by atoms with Crippen LogP contribution in [0, 0.1) is 0 Å². The summed E-state index contributed by atoms with van der Waals surface area (Å²) in [6.07, 6.45) is -1.33. The summed E-state index contributed by atoms with van der Waals surface area (Å²) in [5, 5.41) is 2.71. The van der Waals surface area contributed by atoms with E-state index in [1.165, 1.54) is 25.6 Å². The van der Waals surface area contributed by atoms with Gasteiger partial charge < -0.3 is 14.5 Å². The zero-order chi connectivity index (χ0) is 18.5. The number of para-hydroxylation sites is 1. The minimum absolute atomic E-state index is 0.0602. The van der Waals surface area contributed by atoms with E-state index in [-0.39, 0.29) is 17.8 Å². The minimum Gasteiger partial charge on any atom is -0.496 e. The van der Waals surface area contributed by atoms with Gasteiger partial charge in [-0.2, -0.15) is 0 Å². The molecular weight excluding hydrogens is 342 g/mol. The monoisotopic (exact) mass is 358 g/mol. The third-order valence-electron chi connectivity index (χ3n) is 3.82. The molecule has 0 fully saturated rings. The molecule has 0 saturated heterocycles. The SMILES string of the molecule is COc1ccccc1-c1ocnc1C(=O)NCc1ccc(C(F)F)cc1. The van der Waals surface area contributed by atoms with E-state index in [0.717, 1.165) is 0 Å². The molecule has 7 heteroatoms. The second-order valence-electron chi connectivity index (χ2n) is 5.46. The summed E-state index contributed by atoms with van der Waals surface area (Å²) in [6.45, 7) is 0.181. The predicted octanol–water partition coefficient (Wildman–Crippen LogP) is 4.22. The maximum absolute atomic E-state index is 12.6. The third kappa shape index (κ3) is 3.72. The number of oxazole rings is 1. The molecule has 5 nitrogen and oxygen atoms in total. The van der Waals surface area contributed by atoms with E-state index in [1.54, 1.807) is 30.3 Å². The molecule has 0 atom stereocenters. The lowest BCUT2D eigenvalue weighted by molar-refractivity contribution is 0.0946. The summed E-state index contributed by atoms with van der Waals surface area (Å²) < 4.78 is 35.8. The van der Waals surface area contributed by atoms with Gasteiger partial charge in [0.25, 0.3) is 12.3 Å². The van der Waals surface area contributed by atoms with E-state index in [2.05, 4.69) is 10.3 Å². The van der Waals surface area contributed by atoms with E-state index >= 15 is 0 Å². The molecular formula is C19H16F2N2O3.